The van der Waals surface area contributed by atoms with Crippen molar-refractivity contribution in [2.45, 2.75) is 20.4 Å². The van der Waals surface area contributed by atoms with Crippen LogP contribution in [0.2, 0.25) is 0 Å². The van der Waals surface area contributed by atoms with Crippen LogP contribution in [0.25, 0.3) is 22.4 Å². The van der Waals surface area contributed by atoms with Crippen LogP contribution < -0.4 is 5.73 Å². The SMILES string of the molecule is Cc1cc(-c2nc3cc(CN)ccc3n2C)c(C)o1. The van der Waals surface area contributed by atoms with E-state index < -0.39 is 0 Å². The molecular formula is C15H17N3O. The highest BCUT2D eigenvalue weighted by molar-refractivity contribution is 5.81. The van der Waals surface area contributed by atoms with Crippen molar-refractivity contribution in [3.63, 3.8) is 0 Å². The van der Waals surface area contributed by atoms with E-state index in [0.717, 1.165) is 39.5 Å². The molecule has 0 aliphatic rings. The number of fused-ring (bicyclic) bond motifs is 1. The summed E-state index contributed by atoms with van der Waals surface area (Å²) in [5.41, 5.74) is 9.89. The lowest BCUT2D eigenvalue weighted by atomic mass is 10.2. The number of hydrogen-bond donors (Lipinski definition) is 1. The average Bonchev–Trinajstić information content (AvgIpc) is 2.89. The number of aryl methyl sites for hydroxylation is 3. The van der Waals surface area contributed by atoms with E-state index in [1.54, 1.807) is 0 Å². The van der Waals surface area contributed by atoms with Gasteiger partial charge in [-0.05, 0) is 37.6 Å². The quantitative estimate of drug-likeness (QED) is 0.766. The number of aromatic nitrogens is 2. The third-order valence-corrected chi connectivity index (χ3v) is 3.46. The summed E-state index contributed by atoms with van der Waals surface area (Å²) in [6.07, 6.45) is 0. The Kier molecular flexibility index (Phi) is 2.68. The fourth-order valence-corrected chi connectivity index (χ4v) is 2.47. The van der Waals surface area contributed by atoms with E-state index in [-0.39, 0.29) is 0 Å². The number of imidazole rings is 1. The Labute approximate surface area is 111 Å². The van der Waals surface area contributed by atoms with E-state index in [9.17, 15) is 0 Å². The van der Waals surface area contributed by atoms with Gasteiger partial charge in [0.15, 0.2) is 0 Å². The highest BCUT2D eigenvalue weighted by Gasteiger charge is 2.15. The molecule has 0 spiro atoms. The summed E-state index contributed by atoms with van der Waals surface area (Å²) in [4.78, 5) is 4.71. The lowest BCUT2D eigenvalue weighted by Crippen LogP contribution is -1.95. The van der Waals surface area contributed by atoms with Gasteiger partial charge >= 0.3 is 0 Å². The molecule has 0 saturated heterocycles. The van der Waals surface area contributed by atoms with Gasteiger partial charge in [0.2, 0.25) is 0 Å². The summed E-state index contributed by atoms with van der Waals surface area (Å²) in [5.74, 6) is 2.73. The molecule has 4 nitrogen and oxygen atoms in total. The molecule has 98 valence electrons. The summed E-state index contributed by atoms with van der Waals surface area (Å²) in [6, 6.07) is 8.18. The number of furan rings is 1. The summed E-state index contributed by atoms with van der Waals surface area (Å²) in [7, 11) is 2.02. The first kappa shape index (κ1) is 12.0. The van der Waals surface area contributed by atoms with E-state index in [2.05, 4.69) is 10.6 Å². The third kappa shape index (κ3) is 1.85. The lowest BCUT2D eigenvalue weighted by molar-refractivity contribution is 0.505. The summed E-state index contributed by atoms with van der Waals surface area (Å²) >= 11 is 0. The molecule has 0 bridgehead atoms. The van der Waals surface area contributed by atoms with Crippen LogP contribution in [0.15, 0.2) is 28.7 Å². The lowest BCUT2D eigenvalue weighted by Gasteiger charge is -2.00. The van der Waals surface area contributed by atoms with Gasteiger partial charge < -0.3 is 14.7 Å². The van der Waals surface area contributed by atoms with Gasteiger partial charge in [0.25, 0.3) is 0 Å². The monoisotopic (exact) mass is 255 g/mol. The van der Waals surface area contributed by atoms with Crippen LogP contribution in [0.3, 0.4) is 0 Å². The predicted octanol–water partition coefficient (Wildman–Crippen LogP) is 2.91. The standard InChI is InChI=1S/C15H17N3O/c1-9-6-12(10(2)19-9)15-17-13-7-11(8-16)4-5-14(13)18(15)3/h4-7H,8,16H2,1-3H3. The minimum Gasteiger partial charge on any atom is -0.466 e. The van der Waals surface area contributed by atoms with Crippen LogP contribution in [0, 0.1) is 13.8 Å². The Bertz CT molecular complexity index is 752. The van der Waals surface area contributed by atoms with Crippen molar-refractivity contribution in [3.8, 4) is 11.4 Å². The smallest absolute Gasteiger partial charge is 0.144 e. The molecule has 4 heteroatoms. The Morgan fingerprint density at radius 3 is 2.68 bits per heavy atom. The molecule has 0 unspecified atom stereocenters. The van der Waals surface area contributed by atoms with E-state index in [1.807, 2.05) is 39.1 Å². The highest BCUT2D eigenvalue weighted by atomic mass is 16.3. The molecule has 1 aromatic carbocycles. The molecule has 3 aromatic rings. The molecule has 0 amide bonds. The van der Waals surface area contributed by atoms with Crippen molar-refractivity contribution in [1.29, 1.82) is 0 Å². The second-order valence-electron chi connectivity index (χ2n) is 4.85. The van der Waals surface area contributed by atoms with Crippen LogP contribution in [0.5, 0.6) is 0 Å². The second-order valence-corrected chi connectivity index (χ2v) is 4.85. The zero-order chi connectivity index (χ0) is 13.6. The Balaban J connectivity index is 2.24. The molecule has 0 saturated carbocycles. The van der Waals surface area contributed by atoms with E-state index in [1.165, 1.54) is 0 Å². The van der Waals surface area contributed by atoms with Crippen LogP contribution in [0.4, 0.5) is 0 Å². The first-order valence-electron chi connectivity index (χ1n) is 6.33. The van der Waals surface area contributed by atoms with Crippen molar-refractivity contribution in [2.24, 2.45) is 12.8 Å². The number of benzene rings is 1. The topological polar surface area (TPSA) is 57.0 Å². The Morgan fingerprint density at radius 1 is 1.26 bits per heavy atom. The van der Waals surface area contributed by atoms with Crippen LogP contribution >= 0.6 is 0 Å². The molecule has 2 aromatic heterocycles. The molecule has 0 radical (unpaired) electrons. The number of nitrogens with two attached hydrogens (primary N) is 1. The van der Waals surface area contributed by atoms with Crippen LogP contribution in [0.1, 0.15) is 17.1 Å². The molecule has 19 heavy (non-hydrogen) atoms. The van der Waals surface area contributed by atoms with Gasteiger partial charge in [-0.15, -0.1) is 0 Å². The van der Waals surface area contributed by atoms with Gasteiger partial charge in [0.05, 0.1) is 16.6 Å². The second kappa shape index (κ2) is 4.24. The maximum atomic E-state index is 5.67. The Hall–Kier alpha value is -2.07. The van der Waals surface area contributed by atoms with Crippen molar-refractivity contribution < 1.29 is 4.42 Å². The van der Waals surface area contributed by atoms with Crippen molar-refractivity contribution in [3.05, 3.63) is 41.3 Å². The fourth-order valence-electron chi connectivity index (χ4n) is 2.47. The van der Waals surface area contributed by atoms with Crippen molar-refractivity contribution in [2.75, 3.05) is 0 Å². The molecule has 0 aliphatic heterocycles. The van der Waals surface area contributed by atoms with Crippen molar-refractivity contribution in [1.82, 2.24) is 9.55 Å². The maximum absolute atomic E-state index is 5.67. The molecule has 2 N–H and O–H groups in total. The molecule has 3 rings (SSSR count). The average molecular weight is 255 g/mol. The number of nitrogens with zero attached hydrogens (tertiary/aromatic N) is 2. The van der Waals surface area contributed by atoms with Gasteiger partial charge in [-0.1, -0.05) is 6.07 Å². The van der Waals surface area contributed by atoms with Crippen LogP contribution in [-0.2, 0) is 13.6 Å². The van der Waals surface area contributed by atoms with Gasteiger partial charge in [-0.2, -0.15) is 0 Å². The zero-order valence-electron chi connectivity index (χ0n) is 11.4. The van der Waals surface area contributed by atoms with Crippen molar-refractivity contribution >= 4 is 11.0 Å². The predicted molar refractivity (Wildman–Crippen MR) is 75.8 cm³/mol. The van der Waals surface area contributed by atoms with Gasteiger partial charge in [-0.3, -0.25) is 0 Å². The molecule has 0 atom stereocenters. The van der Waals surface area contributed by atoms with Gasteiger partial charge in [-0.25, -0.2) is 4.98 Å². The number of rotatable bonds is 2. The minimum atomic E-state index is 0.533. The van der Waals surface area contributed by atoms with Crippen LogP contribution in [-0.4, -0.2) is 9.55 Å². The first-order valence-corrected chi connectivity index (χ1v) is 6.33. The van der Waals surface area contributed by atoms with E-state index >= 15 is 0 Å². The van der Waals surface area contributed by atoms with E-state index in [4.69, 9.17) is 15.1 Å². The molecule has 0 aliphatic carbocycles. The normalized spacial score (nSPS) is 11.4. The fraction of sp³-hybridized carbons (Fsp3) is 0.267. The Morgan fingerprint density at radius 2 is 2.05 bits per heavy atom. The molecule has 0 fully saturated rings. The summed E-state index contributed by atoms with van der Waals surface area (Å²) in [5, 5.41) is 0. The first-order chi connectivity index (χ1) is 9.10. The molecule has 2 heterocycles. The van der Waals surface area contributed by atoms with Gasteiger partial charge in [0, 0.05) is 13.6 Å². The molecular weight excluding hydrogens is 238 g/mol. The van der Waals surface area contributed by atoms with E-state index in [0.29, 0.717) is 6.54 Å². The largest absolute Gasteiger partial charge is 0.466 e. The maximum Gasteiger partial charge on any atom is 0.144 e. The van der Waals surface area contributed by atoms with Gasteiger partial charge in [0.1, 0.15) is 17.3 Å². The number of hydrogen-bond acceptors (Lipinski definition) is 3. The third-order valence-electron chi connectivity index (χ3n) is 3.46. The zero-order valence-corrected chi connectivity index (χ0v) is 11.4. The summed E-state index contributed by atoms with van der Waals surface area (Å²) < 4.78 is 7.68. The highest BCUT2D eigenvalue weighted by Crippen LogP contribution is 2.28. The summed E-state index contributed by atoms with van der Waals surface area (Å²) in [6.45, 7) is 4.45. The minimum absolute atomic E-state index is 0.533.